The topological polar surface area (TPSA) is 271 Å². The van der Waals surface area contributed by atoms with Crippen molar-refractivity contribution < 1.29 is 53.2 Å². The zero-order valence-corrected chi connectivity index (χ0v) is 43.5. The van der Waals surface area contributed by atoms with Gasteiger partial charge in [0, 0.05) is 88.2 Å². The van der Waals surface area contributed by atoms with E-state index in [1.807, 2.05) is 62.3 Å². The molecule has 0 saturated carbocycles. The van der Waals surface area contributed by atoms with E-state index in [-0.39, 0.29) is 53.5 Å². The number of aliphatic carboxylic acids is 1. The van der Waals surface area contributed by atoms with E-state index in [0.29, 0.717) is 87.8 Å². The quantitative estimate of drug-likeness (QED) is 0.00907. The molecule has 18 nitrogen and oxygen atoms in total. The molecule has 0 aliphatic heterocycles. The Morgan fingerprint density at radius 3 is 2.19 bits per heavy atom. The lowest BCUT2D eigenvalue weighted by atomic mass is 9.90. The van der Waals surface area contributed by atoms with Gasteiger partial charge in [-0.05, 0) is 49.8 Å². The normalized spacial score (nSPS) is 12.9. The van der Waals surface area contributed by atoms with Crippen molar-refractivity contribution in [2.75, 3.05) is 52.2 Å². The summed E-state index contributed by atoms with van der Waals surface area (Å²) in [5.74, 6) is 6.11. The number of anilines is 1. The summed E-state index contributed by atoms with van der Waals surface area (Å²) >= 11 is 0. The summed E-state index contributed by atoms with van der Waals surface area (Å²) in [5, 5.41) is 21.5. The van der Waals surface area contributed by atoms with E-state index in [4.69, 9.17) is 40.6 Å². The van der Waals surface area contributed by atoms with Crippen LogP contribution in [0.2, 0.25) is 0 Å². The molecule has 1 heterocycles. The lowest BCUT2D eigenvalue weighted by molar-refractivity contribution is -0.153. The predicted molar refractivity (Wildman–Crippen MR) is 267 cm³/mol. The van der Waals surface area contributed by atoms with Gasteiger partial charge in [0.1, 0.15) is 17.7 Å². The summed E-state index contributed by atoms with van der Waals surface area (Å²) in [7, 11) is 0.409. The number of nitrogens with two attached hydrogens (primary N) is 2. The number of ether oxygens (including phenoxy) is 4. The number of unbranched alkanes of at least 4 members (excludes halogenated alkanes) is 1. The third-order valence-corrected chi connectivity index (χ3v) is 10.2. The van der Waals surface area contributed by atoms with Crippen molar-refractivity contribution in [2.45, 2.75) is 139 Å². The second-order valence-electron chi connectivity index (χ2n) is 18.2. The van der Waals surface area contributed by atoms with Gasteiger partial charge in [-0.2, -0.15) is 0 Å². The molecule has 384 valence electrons. The predicted octanol–water partition coefficient (Wildman–Crippen LogP) is 6.22. The average molecular weight is 976 g/mol. The number of carboxylic acids is 1. The van der Waals surface area contributed by atoms with Gasteiger partial charge in [0.2, 0.25) is 18.3 Å². The van der Waals surface area contributed by atoms with Crippen molar-refractivity contribution in [2.24, 2.45) is 22.5 Å². The Morgan fingerprint density at radius 1 is 1.00 bits per heavy atom. The molecular formula is C49H82N7O11P. The minimum Gasteiger partial charge on any atom is -0.481 e. The summed E-state index contributed by atoms with van der Waals surface area (Å²) in [6.45, 7) is 24.1. The van der Waals surface area contributed by atoms with E-state index >= 15 is 0 Å². The summed E-state index contributed by atoms with van der Waals surface area (Å²) in [5.41, 5.74) is 14.3. The van der Waals surface area contributed by atoms with Gasteiger partial charge < -0.3 is 61.1 Å². The largest absolute Gasteiger partial charge is 0.481 e. The Bertz CT molecular complexity index is 1870. The molecule has 0 radical (unpaired) electrons. The Morgan fingerprint density at radius 2 is 1.65 bits per heavy atom. The highest BCUT2D eigenvalue weighted by atomic mass is 31.1. The van der Waals surface area contributed by atoms with Gasteiger partial charge in [-0.15, -0.1) is 0 Å². The summed E-state index contributed by atoms with van der Waals surface area (Å²) in [6, 6.07) is 4.24. The molecule has 19 heteroatoms. The van der Waals surface area contributed by atoms with Crippen LogP contribution in [-0.2, 0) is 33.4 Å². The molecule has 2 aromatic rings. The number of benzene rings is 1. The molecule has 0 fully saturated rings. The molecule has 0 bridgehead atoms. The number of carbonyl (C=O) groups excluding carboxylic acids is 3. The first kappa shape index (κ1) is 63.0. The Kier molecular flexibility index (Phi) is 31.7. The molecular weight excluding hydrogens is 894 g/mol. The maximum absolute atomic E-state index is 12.8. The lowest BCUT2D eigenvalue weighted by Gasteiger charge is -2.27. The van der Waals surface area contributed by atoms with E-state index in [1.165, 1.54) is 0 Å². The highest BCUT2D eigenvalue weighted by Crippen LogP contribution is 2.33. The SMILES string of the molecule is CC(C)(CNC=O)COCC(C)(C)CC(=O)O.CCC(C)OC(Oc1ccc(C(C/C(N)=C/NCCN(CC)C(=O)CCCC#Cc2cnc(C(C)C)nc2)OC(=O)C(C)C)cc1N)PO.CO. The van der Waals surface area contributed by atoms with Gasteiger partial charge in [0.05, 0.1) is 51.7 Å². The highest BCUT2D eigenvalue weighted by Gasteiger charge is 2.25. The number of rotatable bonds is 29. The fourth-order valence-corrected chi connectivity index (χ4v) is 6.28. The second kappa shape index (κ2) is 34.3. The van der Waals surface area contributed by atoms with Crippen molar-refractivity contribution in [1.29, 1.82) is 0 Å². The van der Waals surface area contributed by atoms with Crippen LogP contribution in [0.3, 0.4) is 0 Å². The number of hydrogen-bond donors (Lipinski definition) is 7. The van der Waals surface area contributed by atoms with E-state index in [2.05, 4.69) is 32.4 Å². The number of aliphatic hydroxyl groups is 1. The monoisotopic (exact) mass is 976 g/mol. The number of carbonyl (C=O) groups is 4. The van der Waals surface area contributed by atoms with Crippen LogP contribution >= 0.6 is 8.81 Å². The molecule has 2 amide bonds. The van der Waals surface area contributed by atoms with Crippen molar-refractivity contribution in [1.82, 2.24) is 25.5 Å². The number of esters is 1. The third kappa shape index (κ3) is 27.7. The average Bonchev–Trinajstić information content (AvgIpc) is 3.28. The molecule has 9 N–H and O–H groups in total. The molecule has 0 aliphatic rings. The Hall–Kier alpha value is -5.05. The first-order chi connectivity index (χ1) is 32.1. The number of hydrogen-bond acceptors (Lipinski definition) is 15. The van der Waals surface area contributed by atoms with Crippen LogP contribution in [0.15, 0.2) is 42.5 Å². The zero-order chi connectivity index (χ0) is 51.9. The van der Waals surface area contributed by atoms with Crippen LogP contribution in [0.25, 0.3) is 0 Å². The van der Waals surface area contributed by atoms with Crippen LogP contribution in [0.1, 0.15) is 144 Å². The van der Waals surface area contributed by atoms with Crippen LogP contribution < -0.4 is 26.8 Å². The molecule has 0 spiro atoms. The van der Waals surface area contributed by atoms with E-state index in [9.17, 15) is 24.1 Å². The van der Waals surface area contributed by atoms with Crippen molar-refractivity contribution in [3.8, 4) is 17.6 Å². The van der Waals surface area contributed by atoms with E-state index in [0.717, 1.165) is 24.9 Å². The maximum atomic E-state index is 12.8. The van der Waals surface area contributed by atoms with Crippen molar-refractivity contribution >= 4 is 38.8 Å². The molecule has 2 rings (SSSR count). The van der Waals surface area contributed by atoms with Crippen molar-refractivity contribution in [3.63, 3.8) is 0 Å². The van der Waals surface area contributed by atoms with Crippen molar-refractivity contribution in [3.05, 3.63) is 59.4 Å². The Balaban J connectivity index is 0.00000198. The molecule has 68 heavy (non-hydrogen) atoms. The number of aromatic nitrogens is 2. The van der Waals surface area contributed by atoms with Gasteiger partial charge in [-0.25, -0.2) is 9.97 Å². The maximum Gasteiger partial charge on any atom is 0.308 e. The number of likely N-dealkylation sites (N-methyl/N-ethyl adjacent to an activating group) is 1. The van der Waals surface area contributed by atoms with Gasteiger partial charge in [-0.1, -0.05) is 80.2 Å². The second-order valence-corrected chi connectivity index (χ2v) is 18.9. The van der Waals surface area contributed by atoms with Crippen LogP contribution in [0, 0.1) is 28.6 Å². The summed E-state index contributed by atoms with van der Waals surface area (Å²) in [4.78, 5) is 66.3. The fourth-order valence-electron chi connectivity index (χ4n) is 5.80. The molecule has 4 unspecified atom stereocenters. The minimum absolute atomic E-state index is 0.0653. The van der Waals surface area contributed by atoms with Gasteiger partial charge in [0.15, 0.2) is 0 Å². The molecule has 1 aromatic carbocycles. The standard InChI is InChI=1S/C36H55N6O6P.C12H23NO4.CH4O/c1-8-26(7)46-36(49-45)48-31-16-15-28(19-30(31)38)32(47-35(44)25(5)6)20-29(37)23-39-17-18-42(9-2)33(43)14-12-10-11-13-27-21-40-34(24(3)4)41-22-27;1-11(2,5-10(15)16)7-17-8-12(3,4)6-13-9-14;1-2/h15-16,19,21-26,32,36,39,45,49H,8-10,12,14,17-18,20,37-38H2,1-7H3;9H,5-8H2,1-4H3,(H,13,14)(H,15,16);2H,1H3/b29-23-;;. The first-order valence-electron chi connectivity index (χ1n) is 23.1. The number of nitrogens with zero attached hydrogens (tertiary/aromatic N) is 3. The number of carboxylic acid groups (broad SMARTS) is 1. The van der Waals surface area contributed by atoms with Gasteiger partial charge >= 0.3 is 11.9 Å². The number of nitrogens with one attached hydrogen (secondary N) is 2. The first-order valence-corrected chi connectivity index (χ1v) is 24.1. The smallest absolute Gasteiger partial charge is 0.308 e. The van der Waals surface area contributed by atoms with Gasteiger partial charge in [-0.3, -0.25) is 19.2 Å². The molecule has 1 aromatic heterocycles. The number of aliphatic hydroxyl groups excluding tert-OH is 1. The summed E-state index contributed by atoms with van der Waals surface area (Å²) in [6.07, 6.45) is 7.75. The van der Waals surface area contributed by atoms with E-state index < -0.39 is 26.9 Å². The zero-order valence-electron chi connectivity index (χ0n) is 42.5. The highest BCUT2D eigenvalue weighted by molar-refractivity contribution is 7.31. The fraction of sp³-hybridized carbons (Fsp3) is 0.633. The lowest BCUT2D eigenvalue weighted by Crippen LogP contribution is -2.35. The number of amides is 2. The van der Waals surface area contributed by atoms with Gasteiger partial charge in [0.25, 0.3) is 0 Å². The van der Waals surface area contributed by atoms with Crippen LogP contribution in [0.4, 0.5) is 5.69 Å². The van der Waals surface area contributed by atoms with Crippen LogP contribution in [-0.4, -0.2) is 113 Å². The molecule has 0 aliphatic carbocycles. The Labute approximate surface area is 407 Å². The minimum atomic E-state index is -0.838. The number of nitrogen functional groups attached to an aromatic ring is 1. The van der Waals surface area contributed by atoms with E-state index in [1.54, 1.807) is 55.5 Å². The van der Waals surface area contributed by atoms with Crippen LogP contribution in [0.5, 0.6) is 5.75 Å². The summed E-state index contributed by atoms with van der Waals surface area (Å²) < 4.78 is 22.8. The molecule has 0 saturated heterocycles. The third-order valence-electron chi connectivity index (χ3n) is 9.77. The molecule has 4 atom stereocenters.